The smallest absolute Gasteiger partial charge is 0.115 e. The molecule has 0 amide bonds. The summed E-state index contributed by atoms with van der Waals surface area (Å²) in [5, 5.41) is 8.79. The highest BCUT2D eigenvalue weighted by molar-refractivity contribution is 5.18. The van der Waals surface area contributed by atoms with Crippen molar-refractivity contribution in [2.45, 2.75) is 13.0 Å². The van der Waals surface area contributed by atoms with Crippen LogP contribution in [-0.2, 0) is 13.0 Å². The van der Waals surface area contributed by atoms with Gasteiger partial charge in [-0.25, -0.2) is 9.97 Å². The van der Waals surface area contributed by atoms with Gasteiger partial charge in [-0.1, -0.05) is 0 Å². The Labute approximate surface area is 77.2 Å². The minimum Gasteiger partial charge on any atom is -0.395 e. The van der Waals surface area contributed by atoms with Crippen LogP contribution in [0.3, 0.4) is 0 Å². The van der Waals surface area contributed by atoms with E-state index in [4.69, 9.17) is 5.11 Å². The third-order valence-electron chi connectivity index (χ3n) is 2.36. The molecule has 0 fully saturated rings. The van der Waals surface area contributed by atoms with Crippen LogP contribution in [0.15, 0.2) is 12.5 Å². The predicted molar refractivity (Wildman–Crippen MR) is 48.1 cm³/mol. The van der Waals surface area contributed by atoms with Gasteiger partial charge in [-0.15, -0.1) is 0 Å². The molecule has 1 aliphatic rings. The van der Waals surface area contributed by atoms with Gasteiger partial charge >= 0.3 is 0 Å². The van der Waals surface area contributed by atoms with Gasteiger partial charge in [0.2, 0.25) is 0 Å². The van der Waals surface area contributed by atoms with Gasteiger partial charge in [0.15, 0.2) is 0 Å². The molecule has 0 atom stereocenters. The lowest BCUT2D eigenvalue weighted by Crippen LogP contribution is -2.33. The SMILES string of the molecule is OCCN1CCc2ncncc2C1. The quantitative estimate of drug-likeness (QED) is 0.684. The molecule has 4 heteroatoms. The maximum absolute atomic E-state index is 8.79. The molecule has 13 heavy (non-hydrogen) atoms. The number of hydrogen-bond donors (Lipinski definition) is 1. The van der Waals surface area contributed by atoms with E-state index >= 15 is 0 Å². The van der Waals surface area contributed by atoms with Crippen molar-refractivity contribution in [1.82, 2.24) is 14.9 Å². The van der Waals surface area contributed by atoms with Crippen LogP contribution >= 0.6 is 0 Å². The van der Waals surface area contributed by atoms with Crippen molar-refractivity contribution in [1.29, 1.82) is 0 Å². The number of rotatable bonds is 2. The first-order valence-electron chi connectivity index (χ1n) is 4.51. The number of nitrogens with zero attached hydrogens (tertiary/aromatic N) is 3. The monoisotopic (exact) mass is 179 g/mol. The molecular weight excluding hydrogens is 166 g/mol. The van der Waals surface area contributed by atoms with E-state index in [1.165, 1.54) is 5.56 Å². The normalized spacial score (nSPS) is 17.0. The van der Waals surface area contributed by atoms with Gasteiger partial charge in [-0.3, -0.25) is 4.90 Å². The first kappa shape index (κ1) is 8.59. The Balaban J connectivity index is 2.11. The van der Waals surface area contributed by atoms with E-state index in [9.17, 15) is 0 Å². The fourth-order valence-corrected chi connectivity index (χ4v) is 1.66. The first-order valence-corrected chi connectivity index (χ1v) is 4.51. The summed E-state index contributed by atoms with van der Waals surface area (Å²) in [4.78, 5) is 10.4. The molecule has 0 spiro atoms. The van der Waals surface area contributed by atoms with E-state index < -0.39 is 0 Å². The Hall–Kier alpha value is -1.00. The van der Waals surface area contributed by atoms with Gasteiger partial charge in [0, 0.05) is 43.5 Å². The number of aliphatic hydroxyl groups excluding tert-OH is 1. The van der Waals surface area contributed by atoms with E-state index in [1.807, 2.05) is 6.20 Å². The predicted octanol–water partition coefficient (Wildman–Crippen LogP) is -0.173. The van der Waals surface area contributed by atoms with Gasteiger partial charge < -0.3 is 5.11 Å². The van der Waals surface area contributed by atoms with E-state index in [0.29, 0.717) is 0 Å². The van der Waals surface area contributed by atoms with Crippen molar-refractivity contribution in [3.63, 3.8) is 0 Å². The highest BCUT2D eigenvalue weighted by Gasteiger charge is 2.15. The Morgan fingerprint density at radius 3 is 3.31 bits per heavy atom. The van der Waals surface area contributed by atoms with E-state index in [1.54, 1.807) is 6.33 Å². The molecule has 0 saturated carbocycles. The Kier molecular flexibility index (Phi) is 2.52. The minimum absolute atomic E-state index is 0.225. The molecule has 4 nitrogen and oxygen atoms in total. The van der Waals surface area contributed by atoms with E-state index in [0.717, 1.165) is 31.7 Å². The first-order chi connectivity index (χ1) is 6.40. The summed E-state index contributed by atoms with van der Waals surface area (Å²) in [6.45, 7) is 2.83. The molecule has 0 unspecified atom stereocenters. The van der Waals surface area contributed by atoms with E-state index in [-0.39, 0.29) is 6.61 Å². The van der Waals surface area contributed by atoms with Crippen molar-refractivity contribution in [2.24, 2.45) is 0 Å². The molecule has 1 aromatic rings. The maximum Gasteiger partial charge on any atom is 0.115 e. The van der Waals surface area contributed by atoms with Crippen molar-refractivity contribution >= 4 is 0 Å². The fourth-order valence-electron chi connectivity index (χ4n) is 1.66. The standard InChI is InChI=1S/C9H13N3O/c13-4-3-12-2-1-9-8(6-12)5-10-7-11-9/h5,7,13H,1-4,6H2. The van der Waals surface area contributed by atoms with Crippen molar-refractivity contribution < 1.29 is 5.11 Å². The molecule has 0 aromatic carbocycles. The van der Waals surface area contributed by atoms with Crippen LogP contribution < -0.4 is 0 Å². The highest BCUT2D eigenvalue weighted by Crippen LogP contribution is 2.14. The Bertz CT molecular complexity index is 290. The van der Waals surface area contributed by atoms with Crippen molar-refractivity contribution in [3.05, 3.63) is 23.8 Å². The van der Waals surface area contributed by atoms with Crippen LogP contribution in [0.4, 0.5) is 0 Å². The number of β-amino-alcohol motifs (C(OH)–C–C–N with tert-alkyl or cyclic N) is 1. The molecule has 0 radical (unpaired) electrons. The topological polar surface area (TPSA) is 49.2 Å². The third-order valence-corrected chi connectivity index (χ3v) is 2.36. The molecule has 2 rings (SSSR count). The zero-order valence-corrected chi connectivity index (χ0v) is 7.48. The summed E-state index contributed by atoms with van der Waals surface area (Å²) >= 11 is 0. The Morgan fingerprint density at radius 2 is 2.46 bits per heavy atom. The molecular formula is C9H13N3O. The summed E-state index contributed by atoms with van der Waals surface area (Å²) in [7, 11) is 0. The molecule has 0 aliphatic carbocycles. The number of aromatic nitrogens is 2. The van der Waals surface area contributed by atoms with Crippen LogP contribution in [0.1, 0.15) is 11.3 Å². The van der Waals surface area contributed by atoms with Gasteiger partial charge in [0.1, 0.15) is 6.33 Å². The second kappa shape index (κ2) is 3.81. The molecule has 0 bridgehead atoms. The lowest BCUT2D eigenvalue weighted by atomic mass is 10.1. The number of hydrogen-bond acceptors (Lipinski definition) is 4. The van der Waals surface area contributed by atoms with Gasteiger partial charge in [-0.2, -0.15) is 0 Å². The molecule has 0 saturated heterocycles. The zero-order valence-electron chi connectivity index (χ0n) is 7.48. The average molecular weight is 179 g/mol. The molecule has 1 aliphatic heterocycles. The number of fused-ring (bicyclic) bond motifs is 1. The summed E-state index contributed by atoms with van der Waals surface area (Å²) in [5.41, 5.74) is 2.35. The van der Waals surface area contributed by atoms with Gasteiger partial charge in [0.25, 0.3) is 0 Å². The van der Waals surface area contributed by atoms with Crippen LogP contribution in [0.5, 0.6) is 0 Å². The second-order valence-corrected chi connectivity index (χ2v) is 3.24. The minimum atomic E-state index is 0.225. The number of aliphatic hydroxyl groups is 1. The highest BCUT2D eigenvalue weighted by atomic mass is 16.3. The lowest BCUT2D eigenvalue weighted by molar-refractivity contribution is 0.183. The summed E-state index contributed by atoms with van der Waals surface area (Å²) < 4.78 is 0. The molecule has 2 heterocycles. The zero-order chi connectivity index (χ0) is 9.10. The van der Waals surface area contributed by atoms with Crippen molar-refractivity contribution in [2.75, 3.05) is 19.7 Å². The van der Waals surface area contributed by atoms with Crippen molar-refractivity contribution in [3.8, 4) is 0 Å². The van der Waals surface area contributed by atoms with E-state index in [2.05, 4.69) is 14.9 Å². The van der Waals surface area contributed by atoms with Gasteiger partial charge in [0.05, 0.1) is 6.61 Å². The summed E-state index contributed by atoms with van der Waals surface area (Å²) in [5.74, 6) is 0. The molecule has 70 valence electrons. The molecule has 1 aromatic heterocycles. The maximum atomic E-state index is 8.79. The second-order valence-electron chi connectivity index (χ2n) is 3.24. The van der Waals surface area contributed by atoms with Crippen LogP contribution in [0, 0.1) is 0 Å². The van der Waals surface area contributed by atoms with Crippen LogP contribution in [0.2, 0.25) is 0 Å². The Morgan fingerprint density at radius 1 is 1.54 bits per heavy atom. The average Bonchev–Trinajstić information content (AvgIpc) is 2.18. The summed E-state index contributed by atoms with van der Waals surface area (Å²) in [6.07, 6.45) is 4.43. The summed E-state index contributed by atoms with van der Waals surface area (Å²) in [6, 6.07) is 0. The lowest BCUT2D eigenvalue weighted by Gasteiger charge is -2.26. The molecule has 1 N–H and O–H groups in total. The van der Waals surface area contributed by atoms with Crippen LogP contribution in [-0.4, -0.2) is 39.7 Å². The third kappa shape index (κ3) is 1.84. The fraction of sp³-hybridized carbons (Fsp3) is 0.556. The van der Waals surface area contributed by atoms with Gasteiger partial charge in [-0.05, 0) is 0 Å². The van der Waals surface area contributed by atoms with Crippen LogP contribution in [0.25, 0.3) is 0 Å². The largest absolute Gasteiger partial charge is 0.395 e.